The second-order valence-corrected chi connectivity index (χ2v) is 8.34. The maximum Gasteiger partial charge on any atom is 0.419 e. The largest absolute Gasteiger partial charge is 0.419 e. The molecule has 1 aromatic heterocycles. The number of hydrogen-bond donors (Lipinski definition) is 2. The third-order valence-corrected chi connectivity index (χ3v) is 5.27. The summed E-state index contributed by atoms with van der Waals surface area (Å²) in [7, 11) is 0. The fraction of sp³-hybridized carbons (Fsp3) is 0.684. The van der Waals surface area contributed by atoms with Gasteiger partial charge in [-0.3, -0.25) is 4.79 Å². The van der Waals surface area contributed by atoms with Crippen LogP contribution >= 0.6 is 11.6 Å². The van der Waals surface area contributed by atoms with Gasteiger partial charge in [0.05, 0.1) is 5.56 Å². The maximum absolute atomic E-state index is 12.8. The van der Waals surface area contributed by atoms with Gasteiger partial charge in [0, 0.05) is 6.04 Å². The van der Waals surface area contributed by atoms with Gasteiger partial charge in [-0.25, -0.2) is 9.88 Å². The number of nitrogens with zero attached hydrogens (tertiary/aromatic N) is 1. The summed E-state index contributed by atoms with van der Waals surface area (Å²) < 4.78 is 38.3. The van der Waals surface area contributed by atoms with Crippen LogP contribution in [0.3, 0.4) is 0 Å². The van der Waals surface area contributed by atoms with Crippen LogP contribution < -0.4 is 20.1 Å². The molecule has 1 aliphatic heterocycles. The molecule has 3 N–H and O–H groups in total. The lowest BCUT2D eigenvalue weighted by Crippen LogP contribution is -3.16. The summed E-state index contributed by atoms with van der Waals surface area (Å²) >= 11 is 6.05. The van der Waals surface area contributed by atoms with E-state index in [0.717, 1.165) is 43.1 Å². The van der Waals surface area contributed by atoms with Crippen LogP contribution in [-0.4, -0.2) is 44.7 Å². The number of quaternary nitrogens is 1. The van der Waals surface area contributed by atoms with Gasteiger partial charge < -0.3 is 10.2 Å². The first-order valence-electron chi connectivity index (χ1n) is 9.72. The standard InChI is InChI=1S/C19H28ClF3N4O/c1-13(2)4-5-14(3)25-17(28)12-26-6-8-27(9-7-26)18-16(20)10-15(11-24-18)19(21,22)23/h10-11,13-14H,4-9,12H2,1-3H3,(H,25,28)/p+2/t14-/m0/s1. The van der Waals surface area contributed by atoms with E-state index >= 15 is 0 Å². The molecule has 28 heavy (non-hydrogen) atoms. The zero-order chi connectivity index (χ0) is 20.9. The Balaban J connectivity index is 1.82. The van der Waals surface area contributed by atoms with Crippen LogP contribution in [0.25, 0.3) is 0 Å². The first-order valence-corrected chi connectivity index (χ1v) is 10.1. The molecule has 0 saturated carbocycles. The molecule has 0 spiro atoms. The number of rotatable bonds is 7. The zero-order valence-corrected chi connectivity index (χ0v) is 17.4. The topological polar surface area (TPSA) is 50.9 Å². The quantitative estimate of drug-likeness (QED) is 0.704. The number of carbonyl (C=O) groups excluding carboxylic acids is 1. The summed E-state index contributed by atoms with van der Waals surface area (Å²) in [4.78, 5) is 18.0. The molecule has 1 saturated heterocycles. The Morgan fingerprint density at radius 2 is 1.93 bits per heavy atom. The molecule has 2 rings (SSSR count). The van der Waals surface area contributed by atoms with E-state index < -0.39 is 11.7 Å². The third kappa shape index (κ3) is 6.81. The molecule has 0 aliphatic carbocycles. The number of hydrogen-bond acceptors (Lipinski definition) is 2. The zero-order valence-electron chi connectivity index (χ0n) is 16.6. The van der Waals surface area contributed by atoms with Gasteiger partial charge in [-0.05, 0) is 31.7 Å². The van der Waals surface area contributed by atoms with Crippen LogP contribution in [0.2, 0.25) is 5.02 Å². The van der Waals surface area contributed by atoms with E-state index in [2.05, 4.69) is 24.1 Å². The van der Waals surface area contributed by atoms with Crippen LogP contribution in [0.5, 0.6) is 0 Å². The summed E-state index contributed by atoms with van der Waals surface area (Å²) in [5.74, 6) is 1.14. The lowest BCUT2D eigenvalue weighted by Gasteiger charge is -2.28. The van der Waals surface area contributed by atoms with Crippen LogP contribution in [0.1, 0.15) is 39.2 Å². The van der Waals surface area contributed by atoms with Gasteiger partial charge in [0.1, 0.15) is 37.4 Å². The average molecular weight is 423 g/mol. The van der Waals surface area contributed by atoms with Crippen molar-refractivity contribution < 1.29 is 27.8 Å². The summed E-state index contributed by atoms with van der Waals surface area (Å²) in [5.41, 5.74) is -0.797. The van der Waals surface area contributed by atoms with E-state index in [-0.39, 0.29) is 17.0 Å². The molecule has 1 aromatic rings. The Hall–Kier alpha value is -1.54. The van der Waals surface area contributed by atoms with E-state index in [1.165, 1.54) is 0 Å². The Kier molecular flexibility index (Phi) is 7.95. The molecule has 0 aromatic carbocycles. The minimum Gasteiger partial charge on any atom is -0.349 e. The Labute approximate surface area is 169 Å². The third-order valence-electron chi connectivity index (χ3n) is 4.98. The molecule has 1 aliphatic rings. The normalized spacial score (nSPS) is 17.1. The highest BCUT2D eigenvalue weighted by atomic mass is 35.5. The van der Waals surface area contributed by atoms with Gasteiger partial charge in [0.25, 0.3) is 11.7 Å². The molecule has 2 heterocycles. The summed E-state index contributed by atoms with van der Waals surface area (Å²) in [6.45, 7) is 9.44. The van der Waals surface area contributed by atoms with E-state index in [0.29, 0.717) is 31.4 Å². The van der Waals surface area contributed by atoms with E-state index in [9.17, 15) is 18.0 Å². The predicted octanol–water partition coefficient (Wildman–Crippen LogP) is 1.82. The summed E-state index contributed by atoms with van der Waals surface area (Å²) in [5, 5.41) is 3.10. The van der Waals surface area contributed by atoms with Crippen LogP contribution in [0.4, 0.5) is 19.0 Å². The molecular weight excluding hydrogens is 393 g/mol. The van der Waals surface area contributed by atoms with Crippen molar-refractivity contribution in [3.63, 3.8) is 0 Å². The van der Waals surface area contributed by atoms with Crippen LogP contribution in [-0.2, 0) is 11.0 Å². The summed E-state index contributed by atoms with van der Waals surface area (Å²) in [6.07, 6.45) is -1.44. The number of carbonyl (C=O) groups is 1. The van der Waals surface area contributed by atoms with Crippen molar-refractivity contribution in [3.8, 4) is 0 Å². The number of halogens is 4. The molecule has 5 nitrogen and oxygen atoms in total. The predicted molar refractivity (Wildman–Crippen MR) is 102 cm³/mol. The molecule has 0 unspecified atom stereocenters. The highest BCUT2D eigenvalue weighted by Gasteiger charge is 2.35. The minimum atomic E-state index is -4.43. The minimum absolute atomic E-state index is 0.0406. The van der Waals surface area contributed by atoms with Crippen molar-refractivity contribution in [1.29, 1.82) is 0 Å². The number of aromatic amines is 1. The van der Waals surface area contributed by atoms with Crippen LogP contribution in [0.15, 0.2) is 12.3 Å². The van der Waals surface area contributed by atoms with Crippen molar-refractivity contribution in [2.75, 3.05) is 37.6 Å². The molecule has 1 fully saturated rings. The fourth-order valence-corrected chi connectivity index (χ4v) is 3.59. The molecule has 1 amide bonds. The molecule has 1 atom stereocenters. The second-order valence-electron chi connectivity index (χ2n) is 7.94. The van der Waals surface area contributed by atoms with Crippen molar-refractivity contribution >= 4 is 23.3 Å². The second kappa shape index (κ2) is 9.78. The Morgan fingerprint density at radius 1 is 1.29 bits per heavy atom. The maximum atomic E-state index is 12.8. The number of piperazine rings is 1. The first-order chi connectivity index (χ1) is 13.1. The number of H-pyrrole nitrogens is 1. The Morgan fingerprint density at radius 3 is 2.46 bits per heavy atom. The first kappa shape index (κ1) is 22.7. The number of amides is 1. The van der Waals surface area contributed by atoms with Gasteiger partial charge in [-0.1, -0.05) is 25.4 Å². The van der Waals surface area contributed by atoms with Gasteiger partial charge >= 0.3 is 6.18 Å². The van der Waals surface area contributed by atoms with Crippen molar-refractivity contribution in [1.82, 2.24) is 5.32 Å². The van der Waals surface area contributed by atoms with Gasteiger partial charge in [0.2, 0.25) is 0 Å². The molecule has 0 radical (unpaired) electrons. The number of anilines is 1. The molecule has 158 valence electrons. The van der Waals surface area contributed by atoms with Crippen molar-refractivity contribution in [3.05, 3.63) is 22.8 Å². The van der Waals surface area contributed by atoms with Crippen molar-refractivity contribution in [2.45, 2.75) is 45.8 Å². The molecule has 9 heteroatoms. The SMILES string of the molecule is CC(C)CC[C@H](C)NC(=O)C[NH+]1CCN(c2[nH+]cc(C(F)(F)F)cc2Cl)CC1. The van der Waals surface area contributed by atoms with E-state index in [1.54, 1.807) is 0 Å². The number of alkyl halides is 3. The fourth-order valence-electron chi connectivity index (χ4n) is 3.30. The number of nitrogens with one attached hydrogen (secondary N) is 3. The number of aromatic nitrogens is 1. The van der Waals surface area contributed by atoms with Gasteiger partial charge in [0.15, 0.2) is 6.54 Å². The van der Waals surface area contributed by atoms with Gasteiger partial charge in [-0.2, -0.15) is 13.2 Å². The molecule has 0 bridgehead atoms. The summed E-state index contributed by atoms with van der Waals surface area (Å²) in [6, 6.07) is 1.11. The van der Waals surface area contributed by atoms with Crippen LogP contribution in [0, 0.1) is 5.92 Å². The number of pyridine rings is 1. The monoisotopic (exact) mass is 422 g/mol. The van der Waals surface area contributed by atoms with Crippen molar-refractivity contribution in [2.24, 2.45) is 5.92 Å². The van der Waals surface area contributed by atoms with E-state index in [4.69, 9.17) is 11.6 Å². The van der Waals surface area contributed by atoms with Gasteiger partial charge in [-0.15, -0.1) is 0 Å². The lowest BCUT2D eigenvalue weighted by atomic mass is 10.0. The molecular formula is C19H30ClF3N4O+2. The Bertz CT molecular complexity index is 661. The highest BCUT2D eigenvalue weighted by Crippen LogP contribution is 2.31. The lowest BCUT2D eigenvalue weighted by molar-refractivity contribution is -0.892. The smallest absolute Gasteiger partial charge is 0.349 e. The van der Waals surface area contributed by atoms with E-state index in [1.807, 2.05) is 11.8 Å². The highest BCUT2D eigenvalue weighted by molar-refractivity contribution is 6.32. The average Bonchev–Trinajstić information content (AvgIpc) is 2.60.